The second kappa shape index (κ2) is 20.9. The van der Waals surface area contributed by atoms with E-state index in [4.69, 9.17) is 38.3 Å². The molecule has 4 rings (SSSR count). The van der Waals surface area contributed by atoms with Crippen LogP contribution in [0.25, 0.3) is 0 Å². The zero-order chi connectivity index (χ0) is 30.7. The van der Waals surface area contributed by atoms with Gasteiger partial charge in [-0.05, 0) is 60.4 Å². The van der Waals surface area contributed by atoms with Gasteiger partial charge in [-0.1, -0.05) is 88.4 Å². The Balaban J connectivity index is 0.000000605. The van der Waals surface area contributed by atoms with Crippen LogP contribution in [0.4, 0.5) is 10.1 Å². The summed E-state index contributed by atoms with van der Waals surface area (Å²) < 4.78 is 22.2. The lowest BCUT2D eigenvalue weighted by molar-refractivity contribution is -0.105. The van der Waals surface area contributed by atoms with Crippen molar-refractivity contribution in [3.05, 3.63) is 63.9 Å². The highest BCUT2D eigenvalue weighted by atomic mass is 35.5. The van der Waals surface area contributed by atoms with Crippen molar-refractivity contribution in [2.75, 3.05) is 11.9 Å². The zero-order valence-corrected chi connectivity index (χ0v) is 26.5. The fraction of sp³-hybridized carbons (Fsp3) is 0.533. The van der Waals surface area contributed by atoms with Gasteiger partial charge in [0, 0.05) is 35.3 Å². The van der Waals surface area contributed by atoms with Crippen molar-refractivity contribution in [3.8, 4) is 0 Å². The average Bonchev–Trinajstić information content (AvgIpc) is 3.27. The van der Waals surface area contributed by atoms with Crippen molar-refractivity contribution in [1.82, 2.24) is 5.32 Å². The van der Waals surface area contributed by atoms with Crippen LogP contribution in [0.3, 0.4) is 0 Å². The molecule has 2 aromatic rings. The van der Waals surface area contributed by atoms with Crippen molar-refractivity contribution in [1.29, 1.82) is 0 Å². The molecule has 2 aromatic carbocycles. The first-order valence-corrected chi connectivity index (χ1v) is 14.6. The predicted molar refractivity (Wildman–Crippen MR) is 167 cm³/mol. The third-order valence-electron chi connectivity index (χ3n) is 6.78. The van der Waals surface area contributed by atoms with Crippen LogP contribution in [0.5, 0.6) is 0 Å². The van der Waals surface area contributed by atoms with E-state index in [0.29, 0.717) is 35.1 Å². The van der Waals surface area contributed by atoms with Gasteiger partial charge in [-0.3, -0.25) is 9.36 Å². The van der Waals surface area contributed by atoms with Gasteiger partial charge in [0.15, 0.2) is 0 Å². The Bertz CT molecular complexity index is 989. The summed E-state index contributed by atoms with van der Waals surface area (Å²) in [5.74, 6) is 0.387. The summed E-state index contributed by atoms with van der Waals surface area (Å²) in [5.41, 5.74) is 7.38. The number of nitrogens with two attached hydrogens (primary N) is 1. The van der Waals surface area contributed by atoms with Crippen molar-refractivity contribution in [3.63, 3.8) is 0 Å². The molecule has 3 atom stereocenters. The van der Waals surface area contributed by atoms with Gasteiger partial charge < -0.3 is 21.2 Å². The lowest BCUT2D eigenvalue weighted by atomic mass is 9.80. The summed E-state index contributed by atoms with van der Waals surface area (Å²) in [6, 6.07) is 13.3. The molecule has 0 spiro atoms. The number of rotatable bonds is 4. The van der Waals surface area contributed by atoms with Gasteiger partial charge in [0.05, 0.1) is 5.02 Å². The van der Waals surface area contributed by atoms with Crippen LogP contribution in [0.2, 0.25) is 10.0 Å². The molecule has 2 aliphatic rings. The molecule has 10 heteroatoms. The van der Waals surface area contributed by atoms with Gasteiger partial charge in [-0.2, -0.15) is 0 Å². The van der Waals surface area contributed by atoms with Gasteiger partial charge >= 0.3 is 0 Å². The van der Waals surface area contributed by atoms with Gasteiger partial charge in [0.2, 0.25) is 6.41 Å². The van der Waals surface area contributed by atoms with Crippen LogP contribution in [0.1, 0.15) is 77.7 Å². The summed E-state index contributed by atoms with van der Waals surface area (Å²) in [5, 5.41) is 6.88. The summed E-state index contributed by atoms with van der Waals surface area (Å²) in [6.07, 6.45) is 8.38. The molecule has 2 fully saturated rings. The Morgan fingerprint density at radius 1 is 1.10 bits per heavy atom. The third-order valence-corrected chi connectivity index (χ3v) is 7.31. The molecular weight excluding hydrogens is 571 g/mol. The van der Waals surface area contributed by atoms with E-state index >= 15 is 0 Å². The van der Waals surface area contributed by atoms with Crippen LogP contribution in [0.15, 0.2) is 42.5 Å². The molecular formula is C30H45Cl2FN3O3P. The normalized spacial score (nSPS) is 20.1. The van der Waals surface area contributed by atoms with Crippen LogP contribution in [-0.2, 0) is 14.2 Å². The lowest BCUT2D eigenvalue weighted by Gasteiger charge is -2.27. The van der Waals surface area contributed by atoms with Crippen LogP contribution < -0.4 is 16.4 Å². The molecule has 40 heavy (non-hydrogen) atoms. The van der Waals surface area contributed by atoms with Crippen LogP contribution >= 0.6 is 32.3 Å². The smallest absolute Gasteiger partial charge is 0.211 e. The number of hydrogen-bond donors (Lipinski definition) is 3. The monoisotopic (exact) mass is 615 g/mol. The topological polar surface area (TPSA) is 101 Å². The number of carbonyl (C=O) groups is 2. The molecule has 1 aliphatic carbocycles. The molecule has 0 radical (unpaired) electrons. The number of anilines is 1. The molecule has 4 N–H and O–H groups in total. The highest BCUT2D eigenvalue weighted by molar-refractivity contribution is 7.00. The second-order valence-corrected chi connectivity index (χ2v) is 11.9. The van der Waals surface area contributed by atoms with Crippen molar-refractivity contribution < 1.29 is 18.5 Å². The maximum Gasteiger partial charge on any atom is 0.211 e. The fourth-order valence-corrected chi connectivity index (χ4v) is 5.20. The lowest BCUT2D eigenvalue weighted by Crippen LogP contribution is -2.30. The minimum atomic E-state index is -0.251. The van der Waals surface area contributed by atoms with Crippen molar-refractivity contribution in [2.45, 2.75) is 84.2 Å². The van der Waals surface area contributed by atoms with Crippen molar-refractivity contribution >= 4 is 51.2 Å². The van der Waals surface area contributed by atoms with E-state index in [1.807, 2.05) is 18.9 Å². The number of halogens is 3. The number of carbonyl (C=O) groups excluding carboxylic acids is 2. The number of hydrogen-bond acceptors (Lipinski definition) is 5. The largest absolute Gasteiger partial charge is 0.329 e. The number of amides is 1. The van der Waals surface area contributed by atoms with Crippen LogP contribution in [-0.4, -0.2) is 31.8 Å². The van der Waals surface area contributed by atoms with Gasteiger partial charge in [0.25, 0.3) is 0 Å². The Morgan fingerprint density at radius 3 is 2.20 bits per heavy atom. The standard InChI is InChI=1S/C16H23ClFN.C7H6ClNO.C6H13N.CH2O.HOP/c1-10-12(9-19-14(10)8-16(2,3)4)11-6-5-7-13(17)15(11)18;8-6-2-1-3-7(4-6)9-5-10;7-6-4-2-1-3-5-6;2*1-2/h5-7,10,12,14,19H,8-9H2,1-4H3;1-5H,(H,9,10);6H,1-5,7H2;1H2;2H. The molecule has 1 saturated heterocycles. The molecule has 0 aromatic heterocycles. The molecule has 3 unspecified atom stereocenters. The van der Waals surface area contributed by atoms with E-state index < -0.39 is 0 Å². The maximum atomic E-state index is 14.1. The highest BCUT2D eigenvalue weighted by Crippen LogP contribution is 2.38. The Labute approximate surface area is 251 Å². The van der Waals surface area contributed by atoms with Gasteiger partial charge in [-0.15, -0.1) is 0 Å². The summed E-state index contributed by atoms with van der Waals surface area (Å²) in [6.45, 7) is 11.8. The van der Waals surface area contributed by atoms with Gasteiger partial charge in [-0.25, -0.2) is 4.39 Å². The molecule has 224 valence electrons. The zero-order valence-electron chi connectivity index (χ0n) is 24.0. The predicted octanol–water partition coefficient (Wildman–Crippen LogP) is 8.08. The summed E-state index contributed by atoms with van der Waals surface area (Å²) >= 11 is 11.5. The third kappa shape index (κ3) is 14.7. The molecule has 1 heterocycles. The van der Waals surface area contributed by atoms with E-state index in [9.17, 15) is 9.18 Å². The first kappa shape index (κ1) is 38.1. The van der Waals surface area contributed by atoms with Gasteiger partial charge in [0.1, 0.15) is 21.7 Å². The fourth-order valence-electron chi connectivity index (χ4n) is 4.83. The van der Waals surface area contributed by atoms with E-state index in [2.05, 4.69) is 38.3 Å². The minimum absolute atomic E-state index is 0.214. The molecule has 0 bridgehead atoms. The second-order valence-electron chi connectivity index (χ2n) is 11.1. The minimum Gasteiger partial charge on any atom is -0.329 e. The Morgan fingerprint density at radius 2 is 1.70 bits per heavy atom. The van der Waals surface area contributed by atoms with Crippen molar-refractivity contribution in [2.24, 2.45) is 17.1 Å². The number of benzene rings is 2. The maximum absolute atomic E-state index is 14.1. The average molecular weight is 617 g/mol. The van der Waals surface area contributed by atoms with E-state index in [1.165, 1.54) is 32.1 Å². The molecule has 6 nitrogen and oxygen atoms in total. The summed E-state index contributed by atoms with van der Waals surface area (Å²) in [4.78, 5) is 17.9. The first-order chi connectivity index (χ1) is 19.0. The highest BCUT2D eigenvalue weighted by Gasteiger charge is 2.36. The van der Waals surface area contributed by atoms with E-state index in [1.54, 1.807) is 39.5 Å². The SMILES string of the molecule is C=O.CC1C(CC(C)(C)C)NCC1c1cccc(Cl)c1F.NC1CCCCC1.O=CNc1cccc(Cl)c1.O=P. The van der Waals surface area contributed by atoms with E-state index in [-0.39, 0.29) is 22.2 Å². The summed E-state index contributed by atoms with van der Waals surface area (Å²) in [7, 11) is 1.72. The molecule has 1 amide bonds. The number of nitrogens with one attached hydrogen (secondary N) is 2. The molecule has 1 saturated carbocycles. The quantitative estimate of drug-likeness (QED) is 0.238. The Kier molecular flexibility index (Phi) is 19.9. The van der Waals surface area contributed by atoms with Crippen LogP contribution in [0, 0.1) is 17.2 Å². The molecule has 1 aliphatic heterocycles. The first-order valence-electron chi connectivity index (χ1n) is 13.4. The van der Waals surface area contributed by atoms with E-state index in [0.717, 1.165) is 18.5 Å². The Hall–Kier alpha value is -1.89.